The minimum absolute atomic E-state index is 0.00783. The number of amides is 6. The van der Waals surface area contributed by atoms with Crippen molar-refractivity contribution in [3.63, 3.8) is 0 Å². The first kappa shape index (κ1) is 41.2. The maximum absolute atomic E-state index is 13.8. The van der Waals surface area contributed by atoms with E-state index < -0.39 is 84.4 Å². The molecule has 1 fully saturated rings. The van der Waals surface area contributed by atoms with Crippen LogP contribution in [0.25, 0.3) is 0 Å². The molecule has 2 aromatic rings. The topological polar surface area (TPSA) is 297 Å². The summed E-state index contributed by atoms with van der Waals surface area (Å²) in [5, 5.41) is 34.2. The van der Waals surface area contributed by atoms with E-state index in [9.17, 15) is 48.2 Å². The first-order chi connectivity index (χ1) is 25.2. The quantitative estimate of drug-likeness (QED) is 0.0590. The van der Waals surface area contributed by atoms with Crippen molar-refractivity contribution in [2.75, 3.05) is 19.6 Å². The first-order valence-corrected chi connectivity index (χ1v) is 16.8. The molecule has 0 unspecified atom stereocenters. The normalized spacial score (nSPS) is 19.9. The van der Waals surface area contributed by atoms with E-state index in [4.69, 9.17) is 11.5 Å². The van der Waals surface area contributed by atoms with Crippen molar-refractivity contribution >= 4 is 47.4 Å². The van der Waals surface area contributed by atoms with Gasteiger partial charge in [-0.3, -0.25) is 38.6 Å². The zero-order chi connectivity index (χ0) is 38.9. The molecule has 1 saturated heterocycles. The van der Waals surface area contributed by atoms with Crippen molar-refractivity contribution in [2.45, 2.75) is 69.1 Å². The van der Waals surface area contributed by atoms with E-state index in [0.717, 1.165) is 12.1 Å². The molecule has 2 aromatic carbocycles. The fourth-order valence-electron chi connectivity index (χ4n) is 5.23. The van der Waals surface area contributed by atoms with Crippen LogP contribution in [-0.4, -0.2) is 101 Å². The molecule has 1 aliphatic heterocycles. The summed E-state index contributed by atoms with van der Waals surface area (Å²) in [5.41, 5.74) is 11.5. The predicted molar refractivity (Wildman–Crippen MR) is 187 cm³/mol. The second kappa shape index (κ2) is 20.5. The van der Waals surface area contributed by atoms with Crippen molar-refractivity contribution in [1.29, 1.82) is 0 Å². The van der Waals surface area contributed by atoms with Crippen LogP contribution in [0, 0.1) is 5.82 Å². The van der Waals surface area contributed by atoms with Gasteiger partial charge in [0.2, 0.25) is 29.5 Å². The summed E-state index contributed by atoms with van der Waals surface area (Å²) in [6, 6.07) is 5.12. The van der Waals surface area contributed by atoms with Gasteiger partial charge >= 0.3 is 5.97 Å². The smallest absolute Gasteiger partial charge is 0.305 e. The zero-order valence-corrected chi connectivity index (χ0v) is 28.7. The molecule has 0 saturated carbocycles. The molecule has 4 atom stereocenters. The summed E-state index contributed by atoms with van der Waals surface area (Å²) in [6.07, 6.45) is -0.160. The number of benzene rings is 2. The number of nitrogens with one attached hydrogen (secondary N) is 6. The van der Waals surface area contributed by atoms with Gasteiger partial charge in [0.25, 0.3) is 5.91 Å². The van der Waals surface area contributed by atoms with E-state index >= 15 is 0 Å². The Balaban J connectivity index is 1.88. The lowest BCUT2D eigenvalue weighted by Crippen LogP contribution is -2.58. The molecule has 1 heterocycles. The van der Waals surface area contributed by atoms with Gasteiger partial charge < -0.3 is 53.6 Å². The number of carboxylic acids is 1. The van der Waals surface area contributed by atoms with Gasteiger partial charge in [-0.15, -0.1) is 0 Å². The largest absolute Gasteiger partial charge is 0.508 e. The number of phenols is 1. The van der Waals surface area contributed by atoms with Crippen LogP contribution in [0.4, 0.5) is 4.39 Å². The number of aliphatic carboxylic acids is 1. The Morgan fingerprint density at radius 2 is 1.36 bits per heavy atom. The van der Waals surface area contributed by atoms with Gasteiger partial charge in [-0.25, -0.2) is 4.39 Å². The maximum Gasteiger partial charge on any atom is 0.305 e. The van der Waals surface area contributed by atoms with Crippen LogP contribution in [0.3, 0.4) is 0 Å². The number of nitrogens with zero attached hydrogens (tertiary/aromatic N) is 1. The fraction of sp³-hybridized carbons (Fsp3) is 0.412. The summed E-state index contributed by atoms with van der Waals surface area (Å²) in [5.74, 6) is -6.95. The van der Waals surface area contributed by atoms with Gasteiger partial charge in [-0.05, 0) is 74.1 Å². The molecule has 0 bridgehead atoms. The molecule has 18 nitrogen and oxygen atoms in total. The second-order valence-corrected chi connectivity index (χ2v) is 12.2. The molecule has 1 aliphatic rings. The Kier molecular flexibility index (Phi) is 16.0. The number of guanidine groups is 1. The highest BCUT2D eigenvalue weighted by atomic mass is 18.2. The third-order valence-corrected chi connectivity index (χ3v) is 7.99. The summed E-state index contributed by atoms with van der Waals surface area (Å²) in [6.45, 7) is -0.403. The van der Waals surface area contributed by atoms with Crippen molar-refractivity contribution in [2.24, 2.45) is 16.5 Å². The number of aliphatic imine (C=N–C) groups is 1. The Labute approximate surface area is 303 Å². The molecule has 286 valence electrons. The SMILES string of the molecule is NC(N)=NCCC[C@@H]1NC(=O)[C@H](CCCCNC(=O)c2ccc([18F])cc2)NC(=O)[C@@H](Cc2ccc(O)cc2)NC(=O)[C@H](CC(=O)O)NC(=O)CNC1=O. The average molecular weight is 741 g/mol. The molecule has 0 aromatic heterocycles. The Morgan fingerprint density at radius 3 is 2.00 bits per heavy atom. The number of nitrogens with two attached hydrogens (primary N) is 2. The van der Waals surface area contributed by atoms with E-state index in [1.54, 1.807) is 0 Å². The highest BCUT2D eigenvalue weighted by molar-refractivity contribution is 5.98. The van der Waals surface area contributed by atoms with Crippen LogP contribution in [-0.2, 0) is 35.2 Å². The van der Waals surface area contributed by atoms with E-state index in [2.05, 4.69) is 36.9 Å². The van der Waals surface area contributed by atoms with Gasteiger partial charge in [0.05, 0.1) is 13.0 Å². The maximum atomic E-state index is 13.8. The predicted octanol–water partition coefficient (Wildman–Crippen LogP) is -1.73. The molecule has 3 rings (SSSR count). The van der Waals surface area contributed by atoms with Gasteiger partial charge in [-0.1, -0.05) is 12.1 Å². The first-order valence-electron chi connectivity index (χ1n) is 16.8. The minimum Gasteiger partial charge on any atom is -0.508 e. The molecular formula is C34H44FN9O9. The van der Waals surface area contributed by atoms with Gasteiger partial charge in [0.1, 0.15) is 35.7 Å². The van der Waals surface area contributed by atoms with Crippen molar-refractivity contribution in [3.8, 4) is 5.75 Å². The van der Waals surface area contributed by atoms with Gasteiger partial charge in [0, 0.05) is 25.1 Å². The molecule has 53 heavy (non-hydrogen) atoms. The monoisotopic (exact) mass is 740 g/mol. The highest BCUT2D eigenvalue weighted by Gasteiger charge is 2.33. The summed E-state index contributed by atoms with van der Waals surface area (Å²) in [4.78, 5) is 94.8. The van der Waals surface area contributed by atoms with Crippen LogP contribution >= 0.6 is 0 Å². The van der Waals surface area contributed by atoms with Crippen LogP contribution in [0.2, 0.25) is 0 Å². The van der Waals surface area contributed by atoms with E-state index in [0.29, 0.717) is 12.0 Å². The number of carbonyl (C=O) groups is 7. The highest BCUT2D eigenvalue weighted by Crippen LogP contribution is 2.13. The molecule has 19 heteroatoms. The lowest BCUT2D eigenvalue weighted by atomic mass is 10.0. The number of carboxylic acid groups (broad SMARTS) is 1. The minimum atomic E-state index is -1.65. The van der Waals surface area contributed by atoms with Gasteiger partial charge in [0.15, 0.2) is 5.96 Å². The standard InChI is InChI=1S/C34H44FN9O9/c35-21-10-8-20(9-11-21)29(49)38-14-2-1-4-24-31(51)42-23(5-3-15-39-34(36)37)30(50)40-18-27(46)41-26(17-28(47)48)33(53)44-25(32(52)43-24)16-19-6-12-22(45)13-7-19/h6-13,23-26,45H,1-5,14-18H2,(H,38,49)(H,40,50)(H,41,46)(H,42,51)(H,43,52)(H,44,53)(H,47,48)(H4,36,37,39)/t23-,24-,25+,26-/m0/s1/i35-1. The third kappa shape index (κ3) is 14.5. The van der Waals surface area contributed by atoms with Crippen LogP contribution in [0.5, 0.6) is 5.75 Å². The number of phenolic OH excluding ortho intramolecular Hbond substituents is 1. The molecule has 0 spiro atoms. The second-order valence-electron chi connectivity index (χ2n) is 12.2. The van der Waals surface area contributed by atoms with Crippen molar-refractivity contribution < 1.29 is 48.2 Å². The van der Waals surface area contributed by atoms with E-state index in [1.165, 1.54) is 36.4 Å². The number of rotatable bonds is 14. The van der Waals surface area contributed by atoms with Gasteiger partial charge in [-0.2, -0.15) is 0 Å². The fourth-order valence-corrected chi connectivity index (χ4v) is 5.23. The van der Waals surface area contributed by atoms with E-state index in [-0.39, 0.29) is 62.5 Å². The average Bonchev–Trinajstić information content (AvgIpc) is 3.10. The molecule has 0 aliphatic carbocycles. The Morgan fingerprint density at radius 1 is 0.774 bits per heavy atom. The molecular weight excluding hydrogens is 696 g/mol. The number of hydrogen-bond acceptors (Lipinski definition) is 9. The number of unbranched alkanes of at least 4 members (excludes halogenated alkanes) is 1. The molecule has 0 radical (unpaired) electrons. The van der Waals surface area contributed by atoms with Crippen LogP contribution in [0.15, 0.2) is 53.5 Å². The third-order valence-electron chi connectivity index (χ3n) is 7.99. The lowest BCUT2D eigenvalue weighted by Gasteiger charge is -2.26. The van der Waals surface area contributed by atoms with Crippen molar-refractivity contribution in [1.82, 2.24) is 31.9 Å². The molecule has 6 amide bonds. The Bertz CT molecular complexity index is 1650. The number of hydrogen-bond donors (Lipinski definition) is 10. The summed E-state index contributed by atoms with van der Waals surface area (Å²) < 4.78 is 13.2. The van der Waals surface area contributed by atoms with Crippen LogP contribution in [0.1, 0.15) is 54.4 Å². The molecule has 12 N–H and O–H groups in total. The number of halogens is 1. The lowest BCUT2D eigenvalue weighted by molar-refractivity contribution is -0.141. The zero-order valence-electron chi connectivity index (χ0n) is 28.7. The number of aromatic hydroxyl groups is 1. The Hall–Kier alpha value is -6.27. The van der Waals surface area contributed by atoms with E-state index in [1.807, 2.05) is 0 Å². The number of carbonyl (C=O) groups excluding carboxylic acids is 6. The summed E-state index contributed by atoms with van der Waals surface area (Å²) in [7, 11) is 0. The van der Waals surface area contributed by atoms with Crippen molar-refractivity contribution in [3.05, 3.63) is 65.5 Å². The summed E-state index contributed by atoms with van der Waals surface area (Å²) >= 11 is 0. The van der Waals surface area contributed by atoms with Crippen LogP contribution < -0.4 is 43.4 Å².